The second-order valence-electron chi connectivity index (χ2n) is 4.75. The normalized spacial score (nSPS) is 24.7. The number of guanidine groups is 1. The zero-order valence-corrected chi connectivity index (χ0v) is 10.6. The van der Waals surface area contributed by atoms with E-state index in [1.54, 1.807) is 0 Å². The van der Waals surface area contributed by atoms with Crippen LogP contribution in [0, 0.1) is 0 Å². The molecule has 1 atom stereocenters. The third-order valence-corrected chi connectivity index (χ3v) is 2.97. The molecule has 0 radical (unpaired) electrons. The number of hydrogen-bond acceptors (Lipinski definition) is 3. The minimum absolute atomic E-state index is 0.207. The van der Waals surface area contributed by atoms with Crippen molar-refractivity contribution in [3.63, 3.8) is 0 Å². The van der Waals surface area contributed by atoms with Gasteiger partial charge in [-0.15, -0.1) is 0 Å². The zero-order chi connectivity index (χ0) is 12.8. The van der Waals surface area contributed by atoms with Crippen molar-refractivity contribution in [3.05, 3.63) is 30.3 Å². The fourth-order valence-electron chi connectivity index (χ4n) is 2.03. The van der Waals surface area contributed by atoms with Crippen LogP contribution in [0.5, 0.6) is 0 Å². The van der Waals surface area contributed by atoms with Gasteiger partial charge in [0.05, 0.1) is 12.1 Å². The summed E-state index contributed by atoms with van der Waals surface area (Å²) in [5, 5.41) is 3.16. The summed E-state index contributed by atoms with van der Waals surface area (Å²) in [6, 6.07) is 9.82. The number of nitrogens with zero attached hydrogens (tertiary/aromatic N) is 1. The van der Waals surface area contributed by atoms with E-state index in [-0.39, 0.29) is 5.54 Å². The van der Waals surface area contributed by atoms with Crippen LogP contribution in [0.3, 0.4) is 0 Å². The predicted molar refractivity (Wildman–Crippen MR) is 73.3 cm³/mol. The Labute approximate surface area is 107 Å². The third kappa shape index (κ3) is 3.45. The molecule has 1 unspecified atom stereocenters. The Morgan fingerprint density at radius 1 is 1.39 bits per heavy atom. The topological polar surface area (TPSA) is 71.7 Å². The van der Waals surface area contributed by atoms with Gasteiger partial charge in [-0.25, -0.2) is 10.8 Å². The first-order valence-electron chi connectivity index (χ1n) is 6.18. The van der Waals surface area contributed by atoms with Gasteiger partial charge >= 0.3 is 0 Å². The van der Waals surface area contributed by atoms with E-state index in [2.05, 4.69) is 22.7 Å². The molecule has 0 bridgehead atoms. The van der Waals surface area contributed by atoms with Crippen LogP contribution in [0.2, 0.25) is 0 Å². The molecule has 1 aromatic carbocycles. The highest BCUT2D eigenvalue weighted by atomic mass is 16.5. The molecule has 98 valence electrons. The highest BCUT2D eigenvalue weighted by molar-refractivity contribution is 5.93. The van der Waals surface area contributed by atoms with E-state index < -0.39 is 0 Å². The van der Waals surface area contributed by atoms with Gasteiger partial charge in [0.15, 0.2) is 0 Å². The van der Waals surface area contributed by atoms with E-state index in [0.29, 0.717) is 12.6 Å². The average Bonchev–Trinajstić information content (AvgIpc) is 2.40. The molecule has 2 rings (SSSR count). The Balaban J connectivity index is 2.07. The van der Waals surface area contributed by atoms with Gasteiger partial charge in [-0.3, -0.25) is 5.43 Å². The van der Waals surface area contributed by atoms with Crippen LogP contribution in [0.15, 0.2) is 35.3 Å². The smallest absolute Gasteiger partial charge is 0.210 e. The van der Waals surface area contributed by atoms with Gasteiger partial charge < -0.3 is 10.1 Å². The maximum atomic E-state index is 5.51. The Bertz CT molecular complexity index is 399. The number of aliphatic imine (C=N–C) groups is 1. The van der Waals surface area contributed by atoms with Crippen LogP contribution in [0.25, 0.3) is 0 Å². The van der Waals surface area contributed by atoms with E-state index in [1.807, 2.05) is 30.3 Å². The Hall–Kier alpha value is -1.59. The molecule has 0 amide bonds. The number of nitrogens with two attached hydrogens (primary N) is 1. The Morgan fingerprint density at radius 3 is 2.78 bits per heavy atom. The largest absolute Gasteiger partial charge is 0.379 e. The summed E-state index contributed by atoms with van der Waals surface area (Å²) in [7, 11) is 0. The van der Waals surface area contributed by atoms with Crippen molar-refractivity contribution >= 4 is 11.6 Å². The second-order valence-corrected chi connectivity index (χ2v) is 4.75. The maximum absolute atomic E-state index is 5.51. The van der Waals surface area contributed by atoms with Crippen LogP contribution in [-0.4, -0.2) is 24.7 Å². The van der Waals surface area contributed by atoms with Crippen LogP contribution in [-0.2, 0) is 4.74 Å². The number of para-hydroxylation sites is 1. The molecule has 1 aliphatic heterocycles. The molecule has 1 aliphatic rings. The van der Waals surface area contributed by atoms with Gasteiger partial charge in [0.1, 0.15) is 0 Å². The van der Waals surface area contributed by atoms with Gasteiger partial charge in [0.2, 0.25) is 5.96 Å². The van der Waals surface area contributed by atoms with Crippen molar-refractivity contribution in [1.82, 2.24) is 5.43 Å². The summed E-state index contributed by atoms with van der Waals surface area (Å²) in [6.45, 7) is 3.54. The second kappa shape index (κ2) is 5.84. The molecular weight excluding hydrogens is 228 g/mol. The van der Waals surface area contributed by atoms with Crippen molar-refractivity contribution in [2.75, 3.05) is 18.5 Å². The highest BCUT2D eigenvalue weighted by Gasteiger charge is 2.27. The maximum Gasteiger partial charge on any atom is 0.210 e. The first-order chi connectivity index (χ1) is 8.72. The number of rotatable bonds is 2. The summed E-state index contributed by atoms with van der Waals surface area (Å²) >= 11 is 0. The lowest BCUT2D eigenvalue weighted by atomic mass is 9.96. The Kier molecular flexibility index (Phi) is 4.17. The standard InChI is InChI=1S/C13H20N4O/c1-13(8-5-9-18-10-13)16-12(17-14)15-11-6-3-2-4-7-11/h2-4,6-7H,5,8-10,14H2,1H3,(H2,15,16,17). The number of benzene rings is 1. The Morgan fingerprint density at radius 2 is 2.17 bits per heavy atom. The summed E-state index contributed by atoms with van der Waals surface area (Å²) in [6.07, 6.45) is 2.04. The van der Waals surface area contributed by atoms with Gasteiger partial charge in [0.25, 0.3) is 0 Å². The lowest BCUT2D eigenvalue weighted by Crippen LogP contribution is -2.42. The summed E-state index contributed by atoms with van der Waals surface area (Å²) in [5.74, 6) is 6.08. The quantitative estimate of drug-likeness (QED) is 0.321. The van der Waals surface area contributed by atoms with Gasteiger partial charge in [0, 0.05) is 12.3 Å². The number of hydrazine groups is 1. The molecule has 0 saturated carbocycles. The fraction of sp³-hybridized carbons (Fsp3) is 0.462. The third-order valence-electron chi connectivity index (χ3n) is 2.97. The molecule has 5 nitrogen and oxygen atoms in total. The van der Waals surface area contributed by atoms with Gasteiger partial charge in [-0.2, -0.15) is 0 Å². The monoisotopic (exact) mass is 248 g/mol. The van der Waals surface area contributed by atoms with E-state index in [9.17, 15) is 0 Å². The molecular formula is C13H20N4O. The minimum Gasteiger partial charge on any atom is -0.379 e. The van der Waals surface area contributed by atoms with Crippen molar-refractivity contribution < 1.29 is 4.74 Å². The molecule has 1 fully saturated rings. The number of ether oxygens (including phenoxy) is 1. The fourth-order valence-corrected chi connectivity index (χ4v) is 2.03. The molecule has 0 spiro atoms. The summed E-state index contributed by atoms with van der Waals surface area (Å²) in [4.78, 5) is 4.63. The minimum atomic E-state index is -0.207. The van der Waals surface area contributed by atoms with Gasteiger partial charge in [-0.1, -0.05) is 18.2 Å². The molecule has 1 saturated heterocycles. The van der Waals surface area contributed by atoms with E-state index in [4.69, 9.17) is 10.6 Å². The lowest BCUT2D eigenvalue weighted by molar-refractivity contribution is 0.0467. The van der Waals surface area contributed by atoms with Crippen LogP contribution in [0.4, 0.5) is 5.69 Å². The van der Waals surface area contributed by atoms with Gasteiger partial charge in [-0.05, 0) is 31.9 Å². The van der Waals surface area contributed by atoms with Crippen molar-refractivity contribution in [1.29, 1.82) is 0 Å². The van der Waals surface area contributed by atoms with Crippen molar-refractivity contribution in [2.24, 2.45) is 10.8 Å². The zero-order valence-electron chi connectivity index (χ0n) is 10.6. The van der Waals surface area contributed by atoms with E-state index in [0.717, 1.165) is 25.1 Å². The number of nitrogens with one attached hydrogen (secondary N) is 2. The first kappa shape index (κ1) is 12.9. The highest BCUT2D eigenvalue weighted by Crippen LogP contribution is 2.22. The van der Waals surface area contributed by atoms with Crippen LogP contribution < -0.4 is 16.6 Å². The predicted octanol–water partition coefficient (Wildman–Crippen LogP) is 1.49. The van der Waals surface area contributed by atoms with E-state index >= 15 is 0 Å². The molecule has 5 heteroatoms. The summed E-state index contributed by atoms with van der Waals surface area (Å²) in [5.41, 5.74) is 3.35. The summed E-state index contributed by atoms with van der Waals surface area (Å²) < 4.78 is 5.48. The molecule has 1 aromatic rings. The molecule has 18 heavy (non-hydrogen) atoms. The molecule has 0 aliphatic carbocycles. The first-order valence-corrected chi connectivity index (χ1v) is 6.18. The van der Waals surface area contributed by atoms with Crippen molar-refractivity contribution in [2.45, 2.75) is 25.3 Å². The molecule has 1 heterocycles. The SMILES string of the molecule is CC1(N=C(NN)Nc2ccccc2)CCCOC1. The number of anilines is 1. The molecule has 0 aromatic heterocycles. The number of hydrogen-bond donors (Lipinski definition) is 3. The lowest BCUT2D eigenvalue weighted by Gasteiger charge is -2.30. The van der Waals surface area contributed by atoms with Crippen LogP contribution >= 0.6 is 0 Å². The van der Waals surface area contributed by atoms with Crippen molar-refractivity contribution in [3.8, 4) is 0 Å². The average molecular weight is 248 g/mol. The van der Waals surface area contributed by atoms with E-state index in [1.165, 1.54) is 0 Å². The molecule has 4 N–H and O–H groups in total. The van der Waals surface area contributed by atoms with Crippen LogP contribution in [0.1, 0.15) is 19.8 Å².